The Hall–Kier alpha value is -1.06. The summed E-state index contributed by atoms with van der Waals surface area (Å²) in [5, 5.41) is 3.60. The number of hydrogen-bond acceptors (Lipinski definition) is 2. The third-order valence-electron chi connectivity index (χ3n) is 2.79. The van der Waals surface area contributed by atoms with Gasteiger partial charge < -0.3 is 11.1 Å². The van der Waals surface area contributed by atoms with E-state index in [0.29, 0.717) is 17.4 Å². The summed E-state index contributed by atoms with van der Waals surface area (Å²) in [5.41, 5.74) is 6.85. The molecule has 0 aromatic heterocycles. The second kappa shape index (κ2) is 6.76. The predicted octanol–water partition coefficient (Wildman–Crippen LogP) is 2.89. The molecule has 0 saturated carbocycles. The lowest BCUT2D eigenvalue weighted by Gasteiger charge is -2.19. The predicted molar refractivity (Wildman–Crippen MR) is 75.4 cm³/mol. The van der Waals surface area contributed by atoms with Crippen molar-refractivity contribution >= 4 is 17.5 Å². The normalized spacial score (nSPS) is 14.3. The summed E-state index contributed by atoms with van der Waals surface area (Å²) in [5.74, 6) is 0.308. The lowest BCUT2D eigenvalue weighted by Crippen LogP contribution is -2.42. The van der Waals surface area contributed by atoms with Gasteiger partial charge in [0.05, 0.1) is 12.1 Å². The number of carbonyl (C=O) groups is 1. The van der Waals surface area contributed by atoms with Gasteiger partial charge in [-0.1, -0.05) is 37.6 Å². The van der Waals surface area contributed by atoms with Crippen LogP contribution in [0.3, 0.4) is 0 Å². The van der Waals surface area contributed by atoms with Crippen LogP contribution < -0.4 is 11.1 Å². The van der Waals surface area contributed by atoms with E-state index < -0.39 is 6.04 Å². The Morgan fingerprint density at radius 2 is 1.83 bits per heavy atom. The van der Waals surface area contributed by atoms with Crippen LogP contribution in [0, 0.1) is 5.92 Å². The van der Waals surface area contributed by atoms with Crippen molar-refractivity contribution in [2.75, 3.05) is 0 Å². The summed E-state index contributed by atoms with van der Waals surface area (Å²) in [6.45, 7) is 6.04. The topological polar surface area (TPSA) is 55.1 Å². The lowest BCUT2D eigenvalue weighted by atomic mass is 10.0. The van der Waals surface area contributed by atoms with Crippen molar-refractivity contribution in [1.29, 1.82) is 0 Å². The zero-order valence-electron chi connectivity index (χ0n) is 11.1. The third kappa shape index (κ3) is 4.67. The van der Waals surface area contributed by atoms with E-state index in [0.717, 1.165) is 5.56 Å². The van der Waals surface area contributed by atoms with E-state index in [4.69, 9.17) is 17.3 Å². The molecule has 0 spiro atoms. The minimum absolute atomic E-state index is 0.0621. The SMILES string of the molecule is CC(C)C[C@H](N)C(=O)N[C@@H](C)c1ccc(Cl)cc1. The van der Waals surface area contributed by atoms with E-state index >= 15 is 0 Å². The zero-order chi connectivity index (χ0) is 13.7. The van der Waals surface area contributed by atoms with Crippen LogP contribution >= 0.6 is 11.6 Å². The van der Waals surface area contributed by atoms with Crippen LogP contribution in [-0.2, 0) is 4.79 Å². The molecule has 1 amide bonds. The Kier molecular flexibility index (Phi) is 5.63. The van der Waals surface area contributed by atoms with Gasteiger partial charge >= 0.3 is 0 Å². The number of nitrogens with two attached hydrogens (primary N) is 1. The summed E-state index contributed by atoms with van der Waals surface area (Å²) in [6.07, 6.45) is 0.694. The molecule has 1 rings (SSSR count). The molecule has 1 aromatic rings. The van der Waals surface area contributed by atoms with E-state index in [1.54, 1.807) is 0 Å². The highest BCUT2D eigenvalue weighted by Gasteiger charge is 2.17. The van der Waals surface area contributed by atoms with Crippen LogP contribution in [-0.4, -0.2) is 11.9 Å². The number of halogens is 1. The maximum absolute atomic E-state index is 11.9. The first-order chi connectivity index (χ1) is 8.40. The molecule has 3 N–H and O–H groups in total. The smallest absolute Gasteiger partial charge is 0.237 e. The average Bonchev–Trinajstić information content (AvgIpc) is 2.28. The van der Waals surface area contributed by atoms with Crippen molar-refractivity contribution in [1.82, 2.24) is 5.32 Å². The highest BCUT2D eigenvalue weighted by Crippen LogP contribution is 2.16. The molecule has 0 saturated heterocycles. The van der Waals surface area contributed by atoms with Crippen LogP contribution in [0.15, 0.2) is 24.3 Å². The van der Waals surface area contributed by atoms with E-state index in [1.807, 2.05) is 31.2 Å². The fourth-order valence-electron chi connectivity index (χ4n) is 1.77. The monoisotopic (exact) mass is 268 g/mol. The molecule has 100 valence electrons. The minimum Gasteiger partial charge on any atom is -0.348 e. The van der Waals surface area contributed by atoms with Crippen LogP contribution in [0.4, 0.5) is 0 Å². The van der Waals surface area contributed by atoms with Crippen molar-refractivity contribution < 1.29 is 4.79 Å². The first-order valence-corrected chi connectivity index (χ1v) is 6.59. The van der Waals surface area contributed by atoms with Crippen molar-refractivity contribution in [3.05, 3.63) is 34.9 Å². The Balaban J connectivity index is 2.56. The molecule has 0 heterocycles. The summed E-state index contributed by atoms with van der Waals surface area (Å²) in [7, 11) is 0. The number of carbonyl (C=O) groups excluding carboxylic acids is 1. The molecular formula is C14H21ClN2O. The van der Waals surface area contributed by atoms with Crippen LogP contribution in [0.1, 0.15) is 38.8 Å². The molecule has 0 aliphatic rings. The summed E-state index contributed by atoms with van der Waals surface area (Å²) >= 11 is 5.82. The van der Waals surface area contributed by atoms with Crippen molar-refractivity contribution in [2.24, 2.45) is 11.7 Å². The fraction of sp³-hybridized carbons (Fsp3) is 0.500. The van der Waals surface area contributed by atoms with Gasteiger partial charge in [-0.3, -0.25) is 4.79 Å². The van der Waals surface area contributed by atoms with Gasteiger partial charge in [-0.05, 0) is 37.0 Å². The Morgan fingerprint density at radius 3 is 2.33 bits per heavy atom. The molecule has 2 atom stereocenters. The fourth-order valence-corrected chi connectivity index (χ4v) is 1.90. The maximum Gasteiger partial charge on any atom is 0.237 e. The first-order valence-electron chi connectivity index (χ1n) is 6.21. The van der Waals surface area contributed by atoms with E-state index in [9.17, 15) is 4.79 Å². The Labute approximate surface area is 114 Å². The number of hydrogen-bond donors (Lipinski definition) is 2. The largest absolute Gasteiger partial charge is 0.348 e. The maximum atomic E-state index is 11.9. The van der Waals surface area contributed by atoms with Crippen LogP contribution in [0.25, 0.3) is 0 Å². The van der Waals surface area contributed by atoms with Gasteiger partial charge in [0.2, 0.25) is 5.91 Å². The van der Waals surface area contributed by atoms with Gasteiger partial charge in [0.25, 0.3) is 0 Å². The van der Waals surface area contributed by atoms with Gasteiger partial charge in [-0.15, -0.1) is 0 Å². The van der Waals surface area contributed by atoms with Crippen LogP contribution in [0.2, 0.25) is 5.02 Å². The highest BCUT2D eigenvalue weighted by molar-refractivity contribution is 6.30. The summed E-state index contributed by atoms with van der Waals surface area (Å²) in [4.78, 5) is 11.9. The highest BCUT2D eigenvalue weighted by atomic mass is 35.5. The zero-order valence-corrected chi connectivity index (χ0v) is 11.9. The van der Waals surface area contributed by atoms with Gasteiger partial charge in [-0.2, -0.15) is 0 Å². The Morgan fingerprint density at radius 1 is 1.28 bits per heavy atom. The van der Waals surface area contributed by atoms with E-state index in [1.165, 1.54) is 0 Å². The summed E-state index contributed by atoms with van der Waals surface area (Å²) in [6, 6.07) is 6.93. The Bertz CT molecular complexity index is 389. The molecule has 4 heteroatoms. The van der Waals surface area contributed by atoms with E-state index in [-0.39, 0.29) is 11.9 Å². The van der Waals surface area contributed by atoms with Gasteiger partial charge in [0.15, 0.2) is 0 Å². The molecule has 0 radical (unpaired) electrons. The lowest BCUT2D eigenvalue weighted by molar-refractivity contribution is -0.123. The van der Waals surface area contributed by atoms with Gasteiger partial charge in [-0.25, -0.2) is 0 Å². The molecule has 0 aliphatic carbocycles. The second-order valence-corrected chi connectivity index (χ2v) is 5.45. The molecule has 0 unspecified atom stereocenters. The van der Waals surface area contributed by atoms with Gasteiger partial charge in [0.1, 0.15) is 0 Å². The van der Waals surface area contributed by atoms with Crippen LogP contribution in [0.5, 0.6) is 0 Å². The minimum atomic E-state index is -0.445. The molecule has 1 aromatic carbocycles. The van der Waals surface area contributed by atoms with Crippen molar-refractivity contribution in [3.8, 4) is 0 Å². The van der Waals surface area contributed by atoms with E-state index in [2.05, 4.69) is 19.2 Å². The standard InChI is InChI=1S/C14H21ClN2O/c1-9(2)8-13(16)14(18)17-10(3)11-4-6-12(15)7-5-11/h4-7,9-10,13H,8,16H2,1-3H3,(H,17,18)/t10-,13-/m0/s1. The van der Waals surface area contributed by atoms with Gasteiger partial charge in [0, 0.05) is 5.02 Å². The summed E-state index contributed by atoms with van der Waals surface area (Å²) < 4.78 is 0. The molecular weight excluding hydrogens is 248 g/mol. The van der Waals surface area contributed by atoms with Crippen molar-refractivity contribution in [3.63, 3.8) is 0 Å². The number of amides is 1. The second-order valence-electron chi connectivity index (χ2n) is 5.02. The number of nitrogens with one attached hydrogen (secondary N) is 1. The number of benzene rings is 1. The molecule has 3 nitrogen and oxygen atoms in total. The molecule has 0 bridgehead atoms. The molecule has 18 heavy (non-hydrogen) atoms. The quantitative estimate of drug-likeness (QED) is 0.863. The molecule has 0 fully saturated rings. The number of rotatable bonds is 5. The average molecular weight is 269 g/mol. The third-order valence-corrected chi connectivity index (χ3v) is 3.04. The first kappa shape index (κ1) is 15.0. The van der Waals surface area contributed by atoms with Crippen molar-refractivity contribution in [2.45, 2.75) is 39.3 Å². The molecule has 0 aliphatic heterocycles.